The summed E-state index contributed by atoms with van der Waals surface area (Å²) in [6, 6.07) is 1.97. The van der Waals surface area contributed by atoms with E-state index >= 15 is 0 Å². The van der Waals surface area contributed by atoms with E-state index < -0.39 is 0 Å². The van der Waals surface area contributed by atoms with Crippen molar-refractivity contribution in [3.8, 4) is 6.07 Å². The van der Waals surface area contributed by atoms with Crippen LogP contribution in [0.25, 0.3) is 6.08 Å². The maximum absolute atomic E-state index is 8.26. The number of hydrogen-bond acceptors (Lipinski definition) is 5. The highest BCUT2D eigenvalue weighted by atomic mass is 15.0. The van der Waals surface area contributed by atoms with Gasteiger partial charge in [0.15, 0.2) is 11.6 Å². The maximum Gasteiger partial charge on any atom is 0.166 e. The molecule has 0 aromatic carbocycles. The summed E-state index contributed by atoms with van der Waals surface area (Å²) in [5.74, 6) is 0.427. The Morgan fingerprint density at radius 3 is 2.85 bits per heavy atom. The molecule has 0 saturated heterocycles. The molecule has 0 saturated carbocycles. The van der Waals surface area contributed by atoms with Crippen LogP contribution >= 0.6 is 0 Å². The summed E-state index contributed by atoms with van der Waals surface area (Å²) < 4.78 is 0. The van der Waals surface area contributed by atoms with Gasteiger partial charge in [0.2, 0.25) is 0 Å². The van der Waals surface area contributed by atoms with Gasteiger partial charge in [0, 0.05) is 0 Å². The van der Waals surface area contributed by atoms with Crippen molar-refractivity contribution >= 4 is 17.7 Å². The molecule has 5 nitrogen and oxygen atoms in total. The quantitative estimate of drug-likeness (QED) is 0.684. The van der Waals surface area contributed by atoms with Crippen LogP contribution in [0.15, 0.2) is 12.3 Å². The topological polar surface area (TPSA) is 102 Å². The SMILES string of the molecule is N#CCC=Cc1cnc(N)c(N)n1. The summed E-state index contributed by atoms with van der Waals surface area (Å²) in [5.41, 5.74) is 11.4. The second-order valence-electron chi connectivity index (χ2n) is 2.33. The van der Waals surface area contributed by atoms with Gasteiger partial charge in [0.1, 0.15) is 0 Å². The van der Waals surface area contributed by atoms with Gasteiger partial charge in [-0.2, -0.15) is 5.26 Å². The third-order valence-corrected chi connectivity index (χ3v) is 1.35. The van der Waals surface area contributed by atoms with Gasteiger partial charge in [-0.05, 0) is 6.08 Å². The van der Waals surface area contributed by atoms with Crippen molar-refractivity contribution in [1.82, 2.24) is 9.97 Å². The second kappa shape index (κ2) is 4.07. The van der Waals surface area contributed by atoms with E-state index in [4.69, 9.17) is 16.7 Å². The summed E-state index contributed by atoms with van der Waals surface area (Å²) in [4.78, 5) is 7.75. The molecule has 1 aromatic rings. The summed E-state index contributed by atoms with van der Waals surface area (Å²) in [7, 11) is 0. The maximum atomic E-state index is 8.26. The number of nitriles is 1. The van der Waals surface area contributed by atoms with Crippen LogP contribution in [0.2, 0.25) is 0 Å². The van der Waals surface area contributed by atoms with Crippen LogP contribution in [0.5, 0.6) is 0 Å². The predicted molar refractivity (Wildman–Crippen MR) is 50.1 cm³/mol. The zero-order valence-corrected chi connectivity index (χ0v) is 6.94. The van der Waals surface area contributed by atoms with Gasteiger partial charge in [0.25, 0.3) is 0 Å². The Morgan fingerprint density at radius 1 is 1.46 bits per heavy atom. The highest BCUT2D eigenvalue weighted by Gasteiger charge is 1.96. The molecule has 0 atom stereocenters. The number of aromatic nitrogens is 2. The highest BCUT2D eigenvalue weighted by Crippen LogP contribution is 2.08. The molecule has 13 heavy (non-hydrogen) atoms. The summed E-state index contributed by atoms with van der Waals surface area (Å²) in [6.45, 7) is 0. The van der Waals surface area contributed by atoms with Crippen LogP contribution in [0.4, 0.5) is 11.6 Å². The van der Waals surface area contributed by atoms with Crippen LogP contribution in [0.3, 0.4) is 0 Å². The Kier molecular flexibility index (Phi) is 2.82. The van der Waals surface area contributed by atoms with Gasteiger partial charge >= 0.3 is 0 Å². The van der Waals surface area contributed by atoms with Gasteiger partial charge in [-0.25, -0.2) is 9.97 Å². The first-order valence-corrected chi connectivity index (χ1v) is 3.65. The number of anilines is 2. The number of allylic oxidation sites excluding steroid dienone is 1. The Bertz CT molecular complexity index is 363. The van der Waals surface area contributed by atoms with Crippen molar-refractivity contribution in [3.63, 3.8) is 0 Å². The van der Waals surface area contributed by atoms with Gasteiger partial charge in [-0.3, -0.25) is 0 Å². The fourth-order valence-corrected chi connectivity index (χ4v) is 0.740. The molecule has 1 rings (SSSR count). The Balaban J connectivity index is 2.81. The fourth-order valence-electron chi connectivity index (χ4n) is 0.740. The van der Waals surface area contributed by atoms with E-state index in [1.807, 2.05) is 6.07 Å². The molecule has 0 spiro atoms. The third-order valence-electron chi connectivity index (χ3n) is 1.35. The lowest BCUT2D eigenvalue weighted by Gasteiger charge is -1.97. The number of nitrogens with zero attached hydrogens (tertiary/aromatic N) is 3. The molecule has 0 unspecified atom stereocenters. The van der Waals surface area contributed by atoms with E-state index in [1.165, 1.54) is 6.20 Å². The van der Waals surface area contributed by atoms with Crippen molar-refractivity contribution in [1.29, 1.82) is 5.26 Å². The summed E-state index contributed by atoms with van der Waals surface area (Å²) in [6.07, 6.45) is 5.19. The van der Waals surface area contributed by atoms with Crippen LogP contribution in [-0.2, 0) is 0 Å². The van der Waals surface area contributed by atoms with Gasteiger partial charge in [-0.1, -0.05) is 6.08 Å². The minimum atomic E-state index is 0.208. The minimum Gasteiger partial charge on any atom is -0.381 e. The van der Waals surface area contributed by atoms with Crippen LogP contribution < -0.4 is 11.5 Å². The highest BCUT2D eigenvalue weighted by molar-refractivity contribution is 5.56. The zero-order chi connectivity index (χ0) is 9.68. The third kappa shape index (κ3) is 2.45. The first-order valence-electron chi connectivity index (χ1n) is 3.65. The van der Waals surface area contributed by atoms with Crippen molar-refractivity contribution in [2.45, 2.75) is 6.42 Å². The molecule has 66 valence electrons. The van der Waals surface area contributed by atoms with E-state index in [1.54, 1.807) is 12.2 Å². The molecule has 1 heterocycles. The molecule has 0 amide bonds. The van der Waals surface area contributed by atoms with Crippen molar-refractivity contribution in [2.24, 2.45) is 0 Å². The van der Waals surface area contributed by atoms with Gasteiger partial charge in [0.05, 0.1) is 24.4 Å². The average Bonchev–Trinajstić information content (AvgIpc) is 2.12. The monoisotopic (exact) mass is 175 g/mol. The molecule has 0 aliphatic rings. The first kappa shape index (κ1) is 9.00. The van der Waals surface area contributed by atoms with E-state index in [0.29, 0.717) is 12.1 Å². The number of nitrogen functional groups attached to an aromatic ring is 2. The predicted octanol–water partition coefficient (Wildman–Crippen LogP) is 0.568. The first-order chi connectivity index (χ1) is 6.24. The number of nitrogens with two attached hydrogens (primary N) is 2. The smallest absolute Gasteiger partial charge is 0.166 e. The van der Waals surface area contributed by atoms with E-state index in [9.17, 15) is 0 Å². The van der Waals surface area contributed by atoms with Crippen LogP contribution in [0.1, 0.15) is 12.1 Å². The zero-order valence-electron chi connectivity index (χ0n) is 6.94. The van der Waals surface area contributed by atoms with Gasteiger partial charge in [-0.15, -0.1) is 0 Å². The average molecular weight is 175 g/mol. The molecule has 0 aliphatic heterocycles. The Morgan fingerprint density at radius 2 is 2.23 bits per heavy atom. The lowest BCUT2D eigenvalue weighted by molar-refractivity contribution is 1.20. The van der Waals surface area contributed by atoms with Gasteiger partial charge < -0.3 is 11.5 Å². The minimum absolute atomic E-state index is 0.208. The Hall–Kier alpha value is -2.09. The lowest BCUT2D eigenvalue weighted by Crippen LogP contribution is -2.01. The molecule has 1 aromatic heterocycles. The van der Waals surface area contributed by atoms with Crippen LogP contribution in [-0.4, -0.2) is 9.97 Å². The van der Waals surface area contributed by atoms with Crippen molar-refractivity contribution < 1.29 is 0 Å². The standard InChI is InChI=1S/C8H9N5/c9-4-2-1-3-6-5-12-7(10)8(11)13-6/h1,3,5H,2H2,(H2,10,12)(H2,11,13). The summed E-state index contributed by atoms with van der Waals surface area (Å²) in [5, 5.41) is 8.26. The lowest BCUT2D eigenvalue weighted by atomic mass is 10.3. The van der Waals surface area contributed by atoms with Crippen molar-refractivity contribution in [2.75, 3.05) is 11.5 Å². The molecule has 5 heteroatoms. The van der Waals surface area contributed by atoms with Crippen molar-refractivity contribution in [3.05, 3.63) is 18.0 Å². The largest absolute Gasteiger partial charge is 0.381 e. The number of hydrogen-bond donors (Lipinski definition) is 2. The van der Waals surface area contributed by atoms with E-state index in [2.05, 4.69) is 9.97 Å². The second-order valence-corrected chi connectivity index (χ2v) is 2.33. The molecule has 0 aliphatic carbocycles. The van der Waals surface area contributed by atoms with Crippen LogP contribution in [0, 0.1) is 11.3 Å². The molecule has 0 radical (unpaired) electrons. The molecule has 0 fully saturated rings. The Labute approximate surface area is 75.7 Å². The molecule has 4 N–H and O–H groups in total. The number of rotatable bonds is 2. The molecular weight excluding hydrogens is 166 g/mol. The molecule has 0 bridgehead atoms. The van der Waals surface area contributed by atoms with E-state index in [0.717, 1.165) is 0 Å². The molecular formula is C8H9N5. The summed E-state index contributed by atoms with van der Waals surface area (Å²) >= 11 is 0. The van der Waals surface area contributed by atoms with E-state index in [-0.39, 0.29) is 11.6 Å². The fraction of sp³-hybridized carbons (Fsp3) is 0.125. The normalized spacial score (nSPS) is 10.1.